The minimum Gasteiger partial charge on any atom is -0.462 e. The van der Waals surface area contributed by atoms with Crippen molar-refractivity contribution in [3.63, 3.8) is 0 Å². The van der Waals surface area contributed by atoms with Gasteiger partial charge in [-0.05, 0) is 77.0 Å². The summed E-state index contributed by atoms with van der Waals surface area (Å²) in [5, 5.41) is 0. The van der Waals surface area contributed by atoms with Gasteiger partial charge in [0.15, 0.2) is 6.10 Å². The number of carbonyl (C=O) groups is 2. The molecule has 0 aliphatic heterocycles. The Morgan fingerprint density at radius 3 is 0.804 bits per heavy atom. The van der Waals surface area contributed by atoms with Crippen LogP contribution in [0.3, 0.4) is 0 Å². The first kappa shape index (κ1) is 95.0. The number of phosphoric ester groups is 1. The van der Waals surface area contributed by atoms with Gasteiger partial charge in [-0.3, -0.25) is 18.6 Å². The summed E-state index contributed by atoms with van der Waals surface area (Å²) in [6.45, 7) is 3.82. The van der Waals surface area contributed by atoms with Crippen molar-refractivity contribution in [2.45, 2.75) is 469 Å². The Labute approximate surface area is 604 Å². The van der Waals surface area contributed by atoms with Gasteiger partial charge in [0.25, 0.3) is 0 Å². The second kappa shape index (κ2) is 82.9. The number of ether oxygens (including phenoxy) is 2. The van der Waals surface area contributed by atoms with Gasteiger partial charge in [-0.2, -0.15) is 0 Å². The first-order chi connectivity index (χ1) is 47.8. The molecule has 0 bridgehead atoms. The maximum atomic E-state index is 12.8. The summed E-state index contributed by atoms with van der Waals surface area (Å²) in [5.74, 6) is -0.799. The molecule has 0 radical (unpaired) electrons. The van der Waals surface area contributed by atoms with Crippen molar-refractivity contribution in [3.8, 4) is 0 Å². The van der Waals surface area contributed by atoms with Crippen LogP contribution in [0.2, 0.25) is 0 Å². The van der Waals surface area contributed by atoms with Crippen molar-refractivity contribution >= 4 is 19.8 Å². The molecule has 9 nitrogen and oxygen atoms in total. The first-order valence-electron chi connectivity index (χ1n) is 43.1. The normalized spacial score (nSPS) is 13.0. The molecule has 0 saturated carbocycles. The summed E-state index contributed by atoms with van der Waals surface area (Å²) in [6, 6.07) is 0. The van der Waals surface area contributed by atoms with Crippen LogP contribution in [0.4, 0.5) is 0 Å². The molecule has 3 N–H and O–H groups in total. The average molecular weight is 1390 g/mol. The molecular weight excluding hydrogens is 1220 g/mol. The van der Waals surface area contributed by atoms with Gasteiger partial charge in [0, 0.05) is 19.4 Å². The Morgan fingerprint density at radius 1 is 0.309 bits per heavy atom. The second-order valence-corrected chi connectivity index (χ2v) is 30.9. The highest BCUT2D eigenvalue weighted by atomic mass is 31.2. The number of hydrogen-bond acceptors (Lipinski definition) is 8. The molecule has 0 heterocycles. The van der Waals surface area contributed by atoms with Gasteiger partial charge in [0.05, 0.1) is 13.2 Å². The van der Waals surface area contributed by atoms with E-state index in [1.807, 2.05) is 0 Å². The van der Waals surface area contributed by atoms with E-state index in [0.29, 0.717) is 6.42 Å². The lowest BCUT2D eigenvalue weighted by atomic mass is 10.0. The van der Waals surface area contributed by atoms with Crippen LogP contribution in [0, 0.1) is 0 Å². The molecule has 2 unspecified atom stereocenters. The molecule has 0 amide bonds. The predicted molar refractivity (Wildman–Crippen MR) is 423 cm³/mol. The molecule has 0 saturated heterocycles. The first-order valence-corrected chi connectivity index (χ1v) is 44.6. The van der Waals surface area contributed by atoms with Gasteiger partial charge < -0.3 is 20.1 Å². The van der Waals surface area contributed by atoms with Gasteiger partial charge in [-0.15, -0.1) is 0 Å². The standard InChI is InChI=1S/C87H166NO8P/c1-3-5-7-9-11-13-15-17-19-21-23-25-27-29-31-33-35-37-39-41-42-44-46-48-50-52-54-56-58-60-62-64-66-68-70-72-74-76-78-80-87(90)96-85(84-95-97(91,92)94-82-81-88)83-93-86(89)79-77-75-73-71-69-67-65-63-61-59-57-55-53-51-49-47-45-43-40-38-36-34-32-30-28-26-24-22-20-18-16-14-12-10-8-6-4-2/h15,17,21-24,27,29,85H,3-14,16,18-20,25-26,28,30-84,88H2,1-2H3,(H,91,92)/b17-15-,23-21-,24-22-,29-27-. The maximum absolute atomic E-state index is 12.8. The Kier molecular flexibility index (Phi) is 81.2. The van der Waals surface area contributed by atoms with Crippen LogP contribution in [0.15, 0.2) is 48.6 Å². The molecule has 0 aromatic heterocycles. The van der Waals surface area contributed by atoms with E-state index in [1.165, 1.54) is 385 Å². The van der Waals surface area contributed by atoms with Crippen LogP contribution in [-0.4, -0.2) is 49.3 Å². The van der Waals surface area contributed by atoms with Gasteiger partial charge in [0.2, 0.25) is 0 Å². The summed E-state index contributed by atoms with van der Waals surface area (Å²) in [4.78, 5) is 35.5. The van der Waals surface area contributed by atoms with Gasteiger partial charge in [-0.25, -0.2) is 4.57 Å². The van der Waals surface area contributed by atoms with Crippen LogP contribution < -0.4 is 5.73 Å². The summed E-state index contributed by atoms with van der Waals surface area (Å²) in [6.07, 6.45) is 109. The van der Waals surface area contributed by atoms with Crippen molar-refractivity contribution in [3.05, 3.63) is 48.6 Å². The highest BCUT2D eigenvalue weighted by Crippen LogP contribution is 2.43. The lowest BCUT2D eigenvalue weighted by molar-refractivity contribution is -0.161. The molecule has 0 spiro atoms. The van der Waals surface area contributed by atoms with Gasteiger partial charge >= 0.3 is 19.8 Å². The predicted octanol–water partition coefficient (Wildman–Crippen LogP) is 29.1. The Bertz CT molecular complexity index is 1730. The zero-order valence-electron chi connectivity index (χ0n) is 64.9. The molecule has 0 rings (SSSR count). The highest BCUT2D eigenvalue weighted by molar-refractivity contribution is 7.47. The smallest absolute Gasteiger partial charge is 0.462 e. The molecule has 0 aromatic rings. The van der Waals surface area contributed by atoms with E-state index in [0.717, 1.165) is 44.9 Å². The zero-order valence-corrected chi connectivity index (χ0v) is 65.7. The van der Waals surface area contributed by atoms with E-state index in [4.69, 9.17) is 24.3 Å². The van der Waals surface area contributed by atoms with Crippen LogP contribution >= 0.6 is 7.82 Å². The Hall–Kier alpha value is -2.03. The van der Waals surface area contributed by atoms with Crippen LogP contribution in [0.1, 0.15) is 463 Å². The van der Waals surface area contributed by atoms with E-state index in [2.05, 4.69) is 62.5 Å². The summed E-state index contributed by atoms with van der Waals surface area (Å²) in [5.41, 5.74) is 5.42. The SMILES string of the molecule is CCCCCCC/C=C\C/C=C\C/C=C\CCCCCCCCCCCCCCCCCCCCCCCCCCC(=O)OC(COC(=O)CCCCCCCCCCCCCCCCCCCCCCCCCCC/C=C\CCCCCCCCCC)COP(=O)(O)OCCN. The quantitative estimate of drug-likeness (QED) is 0.0264. The lowest BCUT2D eigenvalue weighted by Gasteiger charge is -2.19. The Balaban J connectivity index is 3.72. The summed E-state index contributed by atoms with van der Waals surface area (Å²) < 4.78 is 33.3. The minimum atomic E-state index is -4.40. The third-order valence-electron chi connectivity index (χ3n) is 19.7. The number of unbranched alkanes of at least 4 members (excludes halogenated alkanes) is 62. The molecular formula is C87H166NO8P. The number of hydrogen-bond donors (Lipinski definition) is 2. The fourth-order valence-corrected chi connectivity index (χ4v) is 14.1. The van der Waals surface area contributed by atoms with E-state index in [9.17, 15) is 19.0 Å². The van der Waals surface area contributed by atoms with Gasteiger partial charge in [-0.1, -0.05) is 422 Å². The number of nitrogens with two attached hydrogens (primary N) is 1. The monoisotopic (exact) mass is 1380 g/mol. The number of carbonyl (C=O) groups excluding carboxylic acids is 2. The topological polar surface area (TPSA) is 134 Å². The summed E-state index contributed by atoms with van der Waals surface area (Å²) in [7, 11) is -4.40. The van der Waals surface area contributed by atoms with Crippen LogP contribution in [-0.2, 0) is 32.7 Å². The summed E-state index contributed by atoms with van der Waals surface area (Å²) >= 11 is 0. The number of phosphoric acid groups is 1. The molecule has 0 fully saturated rings. The average Bonchev–Trinajstić information content (AvgIpc) is 2.88. The number of rotatable bonds is 83. The van der Waals surface area contributed by atoms with Gasteiger partial charge in [0.1, 0.15) is 6.61 Å². The molecule has 10 heteroatoms. The molecule has 2 atom stereocenters. The number of esters is 2. The third-order valence-corrected chi connectivity index (χ3v) is 20.7. The van der Waals surface area contributed by atoms with E-state index in [1.54, 1.807) is 0 Å². The van der Waals surface area contributed by atoms with Crippen LogP contribution in [0.5, 0.6) is 0 Å². The maximum Gasteiger partial charge on any atom is 0.472 e. The second-order valence-electron chi connectivity index (χ2n) is 29.4. The third kappa shape index (κ3) is 82.8. The van der Waals surface area contributed by atoms with E-state index >= 15 is 0 Å². The molecule has 97 heavy (non-hydrogen) atoms. The van der Waals surface area contributed by atoms with Crippen LogP contribution in [0.25, 0.3) is 0 Å². The Morgan fingerprint density at radius 2 is 0.536 bits per heavy atom. The van der Waals surface area contributed by atoms with Crippen molar-refractivity contribution in [1.82, 2.24) is 0 Å². The lowest BCUT2D eigenvalue weighted by Crippen LogP contribution is -2.29. The molecule has 0 aliphatic rings. The minimum absolute atomic E-state index is 0.0564. The highest BCUT2D eigenvalue weighted by Gasteiger charge is 2.26. The van der Waals surface area contributed by atoms with E-state index in [-0.39, 0.29) is 38.6 Å². The van der Waals surface area contributed by atoms with Crippen molar-refractivity contribution in [1.29, 1.82) is 0 Å². The molecule has 0 aliphatic carbocycles. The zero-order chi connectivity index (χ0) is 70.0. The van der Waals surface area contributed by atoms with Crippen molar-refractivity contribution in [2.24, 2.45) is 5.73 Å². The number of allylic oxidation sites excluding steroid dienone is 8. The van der Waals surface area contributed by atoms with Crippen molar-refractivity contribution < 1.29 is 37.6 Å². The molecule has 0 aromatic carbocycles. The molecule has 572 valence electrons. The van der Waals surface area contributed by atoms with Crippen molar-refractivity contribution in [2.75, 3.05) is 26.4 Å². The van der Waals surface area contributed by atoms with E-state index < -0.39 is 26.5 Å². The fraction of sp³-hybridized carbons (Fsp3) is 0.885. The largest absolute Gasteiger partial charge is 0.472 e. The fourth-order valence-electron chi connectivity index (χ4n) is 13.3.